The second-order valence-corrected chi connectivity index (χ2v) is 6.24. The third-order valence-electron chi connectivity index (χ3n) is 5.10. The van der Waals surface area contributed by atoms with Crippen LogP contribution in [-0.4, -0.2) is 32.8 Å². The van der Waals surface area contributed by atoms with Crippen molar-refractivity contribution in [1.29, 1.82) is 0 Å². The maximum Gasteiger partial charge on any atom is 0.163 e. The lowest BCUT2D eigenvalue weighted by atomic mass is 9.75. The van der Waals surface area contributed by atoms with Gasteiger partial charge in [-0.15, -0.1) is 0 Å². The Hall–Kier alpha value is -1.65. The van der Waals surface area contributed by atoms with Gasteiger partial charge in [0, 0.05) is 20.1 Å². The second kappa shape index (κ2) is 4.72. The van der Waals surface area contributed by atoms with Gasteiger partial charge in [0.2, 0.25) is 0 Å². The minimum atomic E-state index is 0.860. The number of hydrogen-bond acceptors (Lipinski definition) is 4. The molecule has 5 nitrogen and oxygen atoms in total. The van der Waals surface area contributed by atoms with Crippen LogP contribution in [0.2, 0.25) is 0 Å². The highest BCUT2D eigenvalue weighted by atomic mass is 15.3. The number of piperidine rings is 1. The molecule has 2 aromatic rings. The third kappa shape index (κ3) is 1.87. The number of rotatable bonds is 1. The Bertz CT molecular complexity index is 620. The van der Waals surface area contributed by atoms with Gasteiger partial charge in [0.1, 0.15) is 12.1 Å². The smallest absolute Gasteiger partial charge is 0.163 e. The summed E-state index contributed by atoms with van der Waals surface area (Å²) in [5.41, 5.74) is 0.931. The van der Waals surface area contributed by atoms with Gasteiger partial charge in [0.05, 0.1) is 11.6 Å². The Labute approximate surface area is 119 Å². The van der Waals surface area contributed by atoms with E-state index in [1.807, 2.05) is 17.9 Å². The molecule has 0 amide bonds. The molecule has 0 N–H and O–H groups in total. The molecule has 0 aromatic carbocycles. The van der Waals surface area contributed by atoms with E-state index in [0.717, 1.165) is 41.8 Å². The largest absolute Gasteiger partial charge is 0.356 e. The number of anilines is 1. The zero-order chi connectivity index (χ0) is 13.5. The number of aryl methyl sites for hydroxylation is 1. The van der Waals surface area contributed by atoms with Crippen LogP contribution < -0.4 is 4.90 Å². The maximum atomic E-state index is 4.54. The highest BCUT2D eigenvalue weighted by molar-refractivity contribution is 5.86. The molecule has 2 fully saturated rings. The van der Waals surface area contributed by atoms with E-state index in [2.05, 4.69) is 20.0 Å². The van der Waals surface area contributed by atoms with Gasteiger partial charge in [-0.05, 0) is 24.7 Å². The molecule has 4 rings (SSSR count). The van der Waals surface area contributed by atoms with Gasteiger partial charge in [-0.2, -0.15) is 5.10 Å². The fourth-order valence-electron chi connectivity index (χ4n) is 3.99. The van der Waals surface area contributed by atoms with Crippen molar-refractivity contribution in [3.8, 4) is 0 Å². The molecule has 0 radical (unpaired) electrons. The molecule has 1 aliphatic heterocycles. The molecule has 1 saturated carbocycles. The molecule has 2 unspecified atom stereocenters. The first kappa shape index (κ1) is 12.1. The third-order valence-corrected chi connectivity index (χ3v) is 5.10. The standard InChI is InChI=1S/C15H21N5/c1-19-14-13(8-18-19)15(17-10-16-14)20-7-6-11-4-2-3-5-12(11)9-20/h8,10-12H,2-7,9H2,1H3. The SMILES string of the molecule is Cn1ncc2c(N3CCC4CCCCC4C3)ncnc21. The Morgan fingerprint density at radius 3 is 2.85 bits per heavy atom. The van der Waals surface area contributed by atoms with E-state index in [-0.39, 0.29) is 0 Å². The molecule has 0 spiro atoms. The van der Waals surface area contributed by atoms with Gasteiger partial charge in [-0.1, -0.05) is 19.3 Å². The summed E-state index contributed by atoms with van der Waals surface area (Å²) in [6, 6.07) is 0. The Balaban J connectivity index is 1.66. The lowest BCUT2D eigenvalue weighted by Crippen LogP contribution is -2.42. The van der Waals surface area contributed by atoms with Gasteiger partial charge < -0.3 is 4.90 Å². The average molecular weight is 271 g/mol. The molecule has 2 aromatic heterocycles. The fraction of sp³-hybridized carbons (Fsp3) is 0.667. The predicted molar refractivity (Wildman–Crippen MR) is 78.6 cm³/mol. The monoisotopic (exact) mass is 271 g/mol. The molecule has 20 heavy (non-hydrogen) atoms. The quantitative estimate of drug-likeness (QED) is 0.799. The van der Waals surface area contributed by atoms with E-state index in [1.54, 1.807) is 6.33 Å². The zero-order valence-corrected chi connectivity index (χ0v) is 12.0. The van der Waals surface area contributed by atoms with Crippen molar-refractivity contribution in [1.82, 2.24) is 19.7 Å². The molecular weight excluding hydrogens is 250 g/mol. The molecule has 1 aliphatic carbocycles. The van der Waals surface area contributed by atoms with E-state index in [4.69, 9.17) is 0 Å². The first-order valence-electron chi connectivity index (χ1n) is 7.70. The molecule has 5 heteroatoms. The minimum Gasteiger partial charge on any atom is -0.356 e. The summed E-state index contributed by atoms with van der Waals surface area (Å²) >= 11 is 0. The van der Waals surface area contributed by atoms with Crippen LogP contribution in [0.15, 0.2) is 12.5 Å². The van der Waals surface area contributed by atoms with E-state index >= 15 is 0 Å². The van der Waals surface area contributed by atoms with Gasteiger partial charge in [0.15, 0.2) is 5.65 Å². The molecule has 3 heterocycles. The summed E-state index contributed by atoms with van der Waals surface area (Å²) < 4.78 is 1.83. The highest BCUT2D eigenvalue weighted by Crippen LogP contribution is 2.38. The van der Waals surface area contributed by atoms with Gasteiger partial charge in [-0.25, -0.2) is 9.97 Å². The summed E-state index contributed by atoms with van der Waals surface area (Å²) in [4.78, 5) is 11.3. The number of fused-ring (bicyclic) bond motifs is 2. The number of hydrogen-bond donors (Lipinski definition) is 0. The van der Waals surface area contributed by atoms with Crippen LogP contribution in [0.5, 0.6) is 0 Å². The molecule has 106 valence electrons. The maximum absolute atomic E-state index is 4.54. The van der Waals surface area contributed by atoms with Crippen LogP contribution >= 0.6 is 0 Å². The van der Waals surface area contributed by atoms with Crippen LogP contribution in [-0.2, 0) is 7.05 Å². The van der Waals surface area contributed by atoms with E-state index in [9.17, 15) is 0 Å². The van der Waals surface area contributed by atoms with Crippen LogP contribution in [0.3, 0.4) is 0 Å². The molecule has 2 aliphatic rings. The van der Waals surface area contributed by atoms with Crippen molar-refractivity contribution in [2.45, 2.75) is 32.1 Å². The van der Waals surface area contributed by atoms with Crippen molar-refractivity contribution in [3.63, 3.8) is 0 Å². The van der Waals surface area contributed by atoms with Crippen molar-refractivity contribution in [2.24, 2.45) is 18.9 Å². The molecular formula is C15H21N5. The van der Waals surface area contributed by atoms with Crippen LogP contribution in [0.1, 0.15) is 32.1 Å². The molecule has 0 bridgehead atoms. The summed E-state index contributed by atoms with van der Waals surface area (Å²) in [5, 5.41) is 5.41. The Kier molecular flexibility index (Phi) is 2.86. The zero-order valence-electron chi connectivity index (χ0n) is 12.0. The van der Waals surface area contributed by atoms with Gasteiger partial charge >= 0.3 is 0 Å². The first-order valence-corrected chi connectivity index (χ1v) is 7.70. The number of aromatic nitrogens is 4. The topological polar surface area (TPSA) is 46.8 Å². The van der Waals surface area contributed by atoms with E-state index in [1.165, 1.54) is 32.1 Å². The Morgan fingerprint density at radius 1 is 1.10 bits per heavy atom. The van der Waals surface area contributed by atoms with Crippen molar-refractivity contribution in [3.05, 3.63) is 12.5 Å². The van der Waals surface area contributed by atoms with Gasteiger partial charge in [0.25, 0.3) is 0 Å². The highest BCUT2D eigenvalue weighted by Gasteiger charge is 2.32. The minimum absolute atomic E-state index is 0.860. The average Bonchev–Trinajstić information content (AvgIpc) is 2.88. The van der Waals surface area contributed by atoms with Crippen molar-refractivity contribution >= 4 is 16.9 Å². The summed E-state index contributed by atoms with van der Waals surface area (Å²) in [7, 11) is 1.94. The second-order valence-electron chi connectivity index (χ2n) is 6.24. The summed E-state index contributed by atoms with van der Waals surface area (Å²) in [6.07, 6.45) is 10.6. The fourth-order valence-corrected chi connectivity index (χ4v) is 3.99. The Morgan fingerprint density at radius 2 is 1.95 bits per heavy atom. The lowest BCUT2D eigenvalue weighted by Gasteiger charge is -2.41. The van der Waals surface area contributed by atoms with Crippen molar-refractivity contribution < 1.29 is 0 Å². The molecule has 1 saturated heterocycles. The number of nitrogens with zero attached hydrogens (tertiary/aromatic N) is 5. The summed E-state index contributed by atoms with van der Waals surface area (Å²) in [6.45, 7) is 2.29. The summed E-state index contributed by atoms with van der Waals surface area (Å²) in [5.74, 6) is 2.89. The van der Waals surface area contributed by atoms with Gasteiger partial charge in [-0.3, -0.25) is 4.68 Å². The van der Waals surface area contributed by atoms with Crippen LogP contribution in [0.25, 0.3) is 11.0 Å². The molecule has 2 atom stereocenters. The van der Waals surface area contributed by atoms with Crippen LogP contribution in [0.4, 0.5) is 5.82 Å². The van der Waals surface area contributed by atoms with E-state index < -0.39 is 0 Å². The van der Waals surface area contributed by atoms with Crippen molar-refractivity contribution in [2.75, 3.05) is 18.0 Å². The lowest BCUT2D eigenvalue weighted by molar-refractivity contribution is 0.202. The predicted octanol–water partition coefficient (Wildman–Crippen LogP) is 2.38. The van der Waals surface area contributed by atoms with E-state index in [0.29, 0.717) is 0 Å². The normalized spacial score (nSPS) is 26.8. The first-order chi connectivity index (χ1) is 9.83. The van der Waals surface area contributed by atoms with Crippen LogP contribution in [0, 0.1) is 11.8 Å².